The van der Waals surface area contributed by atoms with E-state index in [2.05, 4.69) is 13.2 Å². The van der Waals surface area contributed by atoms with Gasteiger partial charge in [0, 0.05) is 11.6 Å². The molecule has 0 unspecified atom stereocenters. The Bertz CT molecular complexity index is 1350. The van der Waals surface area contributed by atoms with Crippen LogP contribution in [0.1, 0.15) is 12.5 Å². The van der Waals surface area contributed by atoms with Gasteiger partial charge in [-0.1, -0.05) is 49.6 Å². The fourth-order valence-electron chi connectivity index (χ4n) is 3.08. The molecule has 200 valence electrons. The normalized spacial score (nSPS) is 10.5. The Labute approximate surface area is 226 Å². The van der Waals surface area contributed by atoms with Gasteiger partial charge in [-0.2, -0.15) is 0 Å². The molecule has 0 spiro atoms. The predicted octanol–water partition coefficient (Wildman–Crippen LogP) is 4.92. The Morgan fingerprint density at radius 2 is 1.28 bits per heavy atom. The predicted molar refractivity (Wildman–Crippen MR) is 146 cm³/mol. The fraction of sp³-hybridized carbons (Fsp3) is 0.129. The third-order valence-corrected chi connectivity index (χ3v) is 5.18. The van der Waals surface area contributed by atoms with Crippen molar-refractivity contribution in [2.24, 2.45) is 0 Å². The molecule has 0 fully saturated rings. The van der Waals surface area contributed by atoms with Crippen LogP contribution in [0.2, 0.25) is 0 Å². The lowest BCUT2D eigenvalue weighted by molar-refractivity contribution is -0.139. The standard InChI is InChI=1S/C31H28O8/c1-21(2)30(34)37-19-18-36-26-13-7-24(8-14-26)25-9-15-27(16-10-25)38-29(33)17-6-23-4-11-28(12-5-23)39-31(35)22(3)20-32/h4-17,32H,1,3,18-20H2,2H3/b17-6+. The van der Waals surface area contributed by atoms with Crippen molar-refractivity contribution in [3.8, 4) is 28.4 Å². The zero-order valence-corrected chi connectivity index (χ0v) is 21.4. The van der Waals surface area contributed by atoms with Crippen LogP contribution >= 0.6 is 0 Å². The number of aliphatic hydroxyl groups is 1. The molecule has 0 aliphatic heterocycles. The van der Waals surface area contributed by atoms with Crippen molar-refractivity contribution >= 4 is 24.0 Å². The second-order valence-corrected chi connectivity index (χ2v) is 8.29. The van der Waals surface area contributed by atoms with Crippen LogP contribution < -0.4 is 14.2 Å². The Hall–Kier alpha value is -4.95. The van der Waals surface area contributed by atoms with Gasteiger partial charge in [0.05, 0.1) is 12.2 Å². The van der Waals surface area contributed by atoms with E-state index < -0.39 is 24.5 Å². The minimum atomic E-state index is -0.711. The highest BCUT2D eigenvalue weighted by Gasteiger charge is 2.09. The van der Waals surface area contributed by atoms with Gasteiger partial charge in [-0.3, -0.25) is 0 Å². The average Bonchev–Trinajstić information content (AvgIpc) is 2.95. The SMILES string of the molecule is C=C(C)C(=O)OCCOc1ccc(-c2ccc(OC(=O)/C=C/c3ccc(OC(=O)C(=C)CO)cc3)cc2)cc1. The van der Waals surface area contributed by atoms with Crippen LogP contribution in [-0.4, -0.2) is 42.8 Å². The first-order valence-electron chi connectivity index (χ1n) is 11.9. The number of rotatable bonds is 12. The van der Waals surface area contributed by atoms with Crippen LogP contribution in [-0.2, 0) is 19.1 Å². The summed E-state index contributed by atoms with van der Waals surface area (Å²) in [4.78, 5) is 35.2. The second kappa shape index (κ2) is 14.1. The highest BCUT2D eigenvalue weighted by molar-refractivity contribution is 5.90. The van der Waals surface area contributed by atoms with E-state index in [0.29, 0.717) is 22.6 Å². The minimum absolute atomic E-state index is 0.0466. The number of hydrogen-bond donors (Lipinski definition) is 1. The number of benzene rings is 3. The van der Waals surface area contributed by atoms with Gasteiger partial charge in [-0.25, -0.2) is 14.4 Å². The summed E-state index contributed by atoms with van der Waals surface area (Å²) in [6, 6.07) is 21.0. The lowest BCUT2D eigenvalue weighted by atomic mass is 10.1. The molecule has 0 bridgehead atoms. The Kier molecular flexibility index (Phi) is 10.4. The molecule has 0 amide bonds. The Morgan fingerprint density at radius 1 is 0.744 bits per heavy atom. The maximum Gasteiger partial charge on any atom is 0.341 e. The quantitative estimate of drug-likeness (QED) is 0.153. The summed E-state index contributed by atoms with van der Waals surface area (Å²) in [6.07, 6.45) is 2.86. The number of ether oxygens (including phenoxy) is 4. The highest BCUT2D eigenvalue weighted by atomic mass is 16.6. The second-order valence-electron chi connectivity index (χ2n) is 8.29. The van der Waals surface area contributed by atoms with Crippen molar-refractivity contribution in [3.05, 3.63) is 109 Å². The maximum absolute atomic E-state index is 12.2. The van der Waals surface area contributed by atoms with Gasteiger partial charge in [0.25, 0.3) is 0 Å². The molecule has 1 N–H and O–H groups in total. The van der Waals surface area contributed by atoms with Gasteiger partial charge in [-0.05, 0) is 66.1 Å². The van der Waals surface area contributed by atoms with Crippen LogP contribution in [0.25, 0.3) is 17.2 Å². The molecule has 0 aliphatic rings. The molecule has 3 aromatic carbocycles. The van der Waals surface area contributed by atoms with Gasteiger partial charge in [0.1, 0.15) is 30.5 Å². The van der Waals surface area contributed by atoms with Crippen LogP contribution in [0.4, 0.5) is 0 Å². The van der Waals surface area contributed by atoms with Gasteiger partial charge < -0.3 is 24.1 Å². The van der Waals surface area contributed by atoms with Crippen LogP contribution in [0.5, 0.6) is 17.2 Å². The fourth-order valence-corrected chi connectivity index (χ4v) is 3.08. The van der Waals surface area contributed by atoms with Crippen molar-refractivity contribution in [2.45, 2.75) is 6.92 Å². The van der Waals surface area contributed by atoms with Gasteiger partial charge in [0.15, 0.2) is 0 Å². The number of carbonyl (C=O) groups excluding carboxylic acids is 3. The molecule has 3 aromatic rings. The smallest absolute Gasteiger partial charge is 0.341 e. The molecular weight excluding hydrogens is 500 g/mol. The maximum atomic E-state index is 12.2. The summed E-state index contributed by atoms with van der Waals surface area (Å²) in [5, 5.41) is 8.91. The monoisotopic (exact) mass is 528 g/mol. The van der Waals surface area contributed by atoms with E-state index in [-0.39, 0.29) is 24.5 Å². The number of hydrogen-bond acceptors (Lipinski definition) is 8. The first-order chi connectivity index (χ1) is 18.7. The molecular formula is C31H28O8. The topological polar surface area (TPSA) is 108 Å². The number of carbonyl (C=O) groups is 3. The summed E-state index contributed by atoms with van der Waals surface area (Å²) in [5.41, 5.74) is 2.87. The minimum Gasteiger partial charge on any atom is -0.490 e. The Morgan fingerprint density at radius 3 is 1.85 bits per heavy atom. The summed E-state index contributed by atoms with van der Waals surface area (Å²) in [6.45, 7) is 8.40. The van der Waals surface area contributed by atoms with Crippen molar-refractivity contribution in [1.82, 2.24) is 0 Å². The average molecular weight is 529 g/mol. The van der Waals surface area contributed by atoms with E-state index in [1.54, 1.807) is 49.4 Å². The van der Waals surface area contributed by atoms with Gasteiger partial charge in [0.2, 0.25) is 0 Å². The van der Waals surface area contributed by atoms with Crippen LogP contribution in [0.15, 0.2) is 103 Å². The molecule has 0 saturated carbocycles. The van der Waals surface area contributed by atoms with Crippen LogP contribution in [0, 0.1) is 0 Å². The highest BCUT2D eigenvalue weighted by Crippen LogP contribution is 2.25. The van der Waals surface area contributed by atoms with Crippen molar-refractivity contribution in [3.63, 3.8) is 0 Å². The first-order valence-corrected chi connectivity index (χ1v) is 11.9. The molecule has 0 aromatic heterocycles. The summed E-state index contributed by atoms with van der Waals surface area (Å²) in [5.74, 6) is -0.379. The van der Waals surface area contributed by atoms with Crippen LogP contribution in [0.3, 0.4) is 0 Å². The first kappa shape index (κ1) is 28.6. The van der Waals surface area contributed by atoms with E-state index in [9.17, 15) is 14.4 Å². The molecule has 8 nitrogen and oxygen atoms in total. The summed E-state index contributed by atoms with van der Waals surface area (Å²) >= 11 is 0. The van der Waals surface area contributed by atoms with E-state index in [1.165, 1.54) is 6.08 Å². The zero-order valence-electron chi connectivity index (χ0n) is 21.4. The molecule has 8 heteroatoms. The third-order valence-electron chi connectivity index (χ3n) is 5.18. The van der Waals surface area contributed by atoms with E-state index >= 15 is 0 Å². The molecule has 0 saturated heterocycles. The van der Waals surface area contributed by atoms with Gasteiger partial charge >= 0.3 is 17.9 Å². The van der Waals surface area contributed by atoms with Crippen molar-refractivity contribution in [2.75, 3.05) is 19.8 Å². The van der Waals surface area contributed by atoms with Gasteiger partial charge in [-0.15, -0.1) is 0 Å². The largest absolute Gasteiger partial charge is 0.490 e. The number of esters is 3. The lowest BCUT2D eigenvalue weighted by Crippen LogP contribution is -2.12. The molecule has 0 radical (unpaired) electrons. The molecule has 0 atom stereocenters. The number of aliphatic hydroxyl groups excluding tert-OH is 1. The van der Waals surface area contributed by atoms with Crippen molar-refractivity contribution in [1.29, 1.82) is 0 Å². The van der Waals surface area contributed by atoms with Crippen molar-refractivity contribution < 1.29 is 38.4 Å². The zero-order chi connectivity index (χ0) is 28.2. The lowest BCUT2D eigenvalue weighted by Gasteiger charge is -2.09. The van der Waals surface area contributed by atoms with E-state index in [4.69, 9.17) is 24.1 Å². The van der Waals surface area contributed by atoms with E-state index in [1.807, 2.05) is 36.4 Å². The molecule has 0 heterocycles. The summed E-state index contributed by atoms with van der Waals surface area (Å²) in [7, 11) is 0. The third kappa shape index (κ3) is 9.14. The summed E-state index contributed by atoms with van der Waals surface area (Å²) < 4.78 is 21.0. The molecule has 0 aliphatic carbocycles. The van der Waals surface area contributed by atoms with E-state index in [0.717, 1.165) is 11.1 Å². The molecule has 39 heavy (non-hydrogen) atoms. The Balaban J connectivity index is 1.47. The molecule has 3 rings (SSSR count).